The van der Waals surface area contributed by atoms with Crippen molar-refractivity contribution in [2.24, 2.45) is 0 Å². The third-order valence-corrected chi connectivity index (χ3v) is 4.19. The Bertz CT molecular complexity index is 947. The highest BCUT2D eigenvalue weighted by Crippen LogP contribution is 2.16. The molecule has 0 saturated heterocycles. The van der Waals surface area contributed by atoms with Crippen molar-refractivity contribution in [2.45, 2.75) is 19.4 Å². The quantitative estimate of drug-likeness (QED) is 0.720. The third-order valence-electron chi connectivity index (χ3n) is 4.19. The van der Waals surface area contributed by atoms with Crippen LogP contribution in [0.15, 0.2) is 60.8 Å². The number of carbonyl (C=O) groups excluding carboxylic acids is 2. The van der Waals surface area contributed by atoms with Crippen LogP contribution in [0.5, 0.6) is 0 Å². The standard InChI is InChI=1S/C21H20N2O3/c1-14-6-3-7-15(12-14)13-18(21(25)26-2)23-20(24)17-10-4-8-16-9-5-11-22-19(16)17/h3-12,18H,13H2,1-2H3,(H,23,24)/t18-/m1/s1. The Hall–Kier alpha value is -3.21. The van der Waals surface area contributed by atoms with Crippen molar-refractivity contribution in [1.82, 2.24) is 10.3 Å². The lowest BCUT2D eigenvalue weighted by atomic mass is 10.0. The van der Waals surface area contributed by atoms with Crippen LogP contribution in [-0.2, 0) is 16.0 Å². The molecule has 0 saturated carbocycles. The van der Waals surface area contributed by atoms with E-state index in [2.05, 4.69) is 10.3 Å². The SMILES string of the molecule is COC(=O)[C@@H](Cc1cccc(C)c1)NC(=O)c1cccc2cccnc12. The van der Waals surface area contributed by atoms with Gasteiger partial charge in [-0.2, -0.15) is 0 Å². The van der Waals surface area contributed by atoms with Crippen LogP contribution in [0, 0.1) is 6.92 Å². The summed E-state index contributed by atoms with van der Waals surface area (Å²) in [6.45, 7) is 1.98. The van der Waals surface area contributed by atoms with Crippen molar-refractivity contribution >= 4 is 22.8 Å². The lowest BCUT2D eigenvalue weighted by Crippen LogP contribution is -2.43. The minimum Gasteiger partial charge on any atom is -0.467 e. The Morgan fingerprint density at radius 2 is 1.88 bits per heavy atom. The van der Waals surface area contributed by atoms with Crippen LogP contribution in [0.3, 0.4) is 0 Å². The zero-order valence-electron chi connectivity index (χ0n) is 14.7. The molecule has 3 rings (SSSR count). The fourth-order valence-electron chi connectivity index (χ4n) is 2.93. The van der Waals surface area contributed by atoms with Crippen LogP contribution in [0.4, 0.5) is 0 Å². The summed E-state index contributed by atoms with van der Waals surface area (Å²) in [5.74, 6) is -0.828. The van der Waals surface area contributed by atoms with Crippen molar-refractivity contribution in [3.05, 3.63) is 77.5 Å². The predicted molar refractivity (Wildman–Crippen MR) is 99.9 cm³/mol. The molecule has 0 aliphatic rings. The molecule has 1 atom stereocenters. The van der Waals surface area contributed by atoms with Gasteiger partial charge in [0.05, 0.1) is 18.2 Å². The van der Waals surface area contributed by atoms with E-state index in [1.165, 1.54) is 7.11 Å². The predicted octanol–water partition coefficient (Wildman–Crippen LogP) is 3.06. The summed E-state index contributed by atoms with van der Waals surface area (Å²) in [5.41, 5.74) is 3.08. The van der Waals surface area contributed by atoms with Crippen molar-refractivity contribution in [3.63, 3.8) is 0 Å². The van der Waals surface area contributed by atoms with Gasteiger partial charge in [-0.1, -0.05) is 48.0 Å². The first-order valence-electron chi connectivity index (χ1n) is 8.36. The zero-order valence-corrected chi connectivity index (χ0v) is 14.7. The minimum atomic E-state index is -0.770. The number of ether oxygens (including phenoxy) is 1. The summed E-state index contributed by atoms with van der Waals surface area (Å²) >= 11 is 0. The molecule has 132 valence electrons. The number of nitrogens with zero attached hydrogens (tertiary/aromatic N) is 1. The number of para-hydroxylation sites is 1. The lowest BCUT2D eigenvalue weighted by Gasteiger charge is -2.17. The van der Waals surface area contributed by atoms with E-state index in [-0.39, 0.29) is 5.91 Å². The number of pyridine rings is 1. The van der Waals surface area contributed by atoms with E-state index >= 15 is 0 Å². The number of hydrogen-bond donors (Lipinski definition) is 1. The van der Waals surface area contributed by atoms with Crippen molar-refractivity contribution in [2.75, 3.05) is 7.11 Å². The number of methoxy groups -OCH3 is 1. The Kier molecular flexibility index (Phi) is 5.27. The number of benzene rings is 2. The maximum Gasteiger partial charge on any atom is 0.328 e. The molecule has 0 bridgehead atoms. The highest BCUT2D eigenvalue weighted by Gasteiger charge is 2.23. The first-order chi connectivity index (χ1) is 12.6. The normalized spacial score (nSPS) is 11.8. The van der Waals surface area contributed by atoms with Crippen molar-refractivity contribution in [3.8, 4) is 0 Å². The van der Waals surface area contributed by atoms with E-state index in [0.717, 1.165) is 16.5 Å². The molecular weight excluding hydrogens is 328 g/mol. The monoisotopic (exact) mass is 348 g/mol. The largest absolute Gasteiger partial charge is 0.467 e. The van der Waals surface area contributed by atoms with E-state index in [1.54, 1.807) is 18.3 Å². The van der Waals surface area contributed by atoms with Crippen LogP contribution in [0.2, 0.25) is 0 Å². The molecule has 1 aromatic heterocycles. The van der Waals surface area contributed by atoms with Gasteiger partial charge in [0, 0.05) is 18.0 Å². The molecule has 1 N–H and O–H groups in total. The zero-order chi connectivity index (χ0) is 18.5. The smallest absolute Gasteiger partial charge is 0.328 e. The second-order valence-corrected chi connectivity index (χ2v) is 6.12. The van der Waals surface area contributed by atoms with Gasteiger partial charge in [-0.15, -0.1) is 0 Å². The average molecular weight is 348 g/mol. The second kappa shape index (κ2) is 7.78. The number of hydrogen-bond acceptors (Lipinski definition) is 4. The molecule has 0 radical (unpaired) electrons. The summed E-state index contributed by atoms with van der Waals surface area (Å²) in [4.78, 5) is 29.3. The van der Waals surface area contributed by atoms with Gasteiger partial charge in [0.1, 0.15) is 6.04 Å². The van der Waals surface area contributed by atoms with E-state index in [9.17, 15) is 9.59 Å². The van der Waals surface area contributed by atoms with Gasteiger partial charge in [0.2, 0.25) is 0 Å². The number of nitrogens with one attached hydrogen (secondary N) is 1. The fourth-order valence-corrected chi connectivity index (χ4v) is 2.93. The fraction of sp³-hybridized carbons (Fsp3) is 0.190. The Morgan fingerprint density at radius 3 is 2.65 bits per heavy atom. The van der Waals surface area contributed by atoms with Gasteiger partial charge in [-0.3, -0.25) is 9.78 Å². The molecule has 0 fully saturated rings. The molecule has 26 heavy (non-hydrogen) atoms. The summed E-state index contributed by atoms with van der Waals surface area (Å²) in [5, 5.41) is 3.66. The highest BCUT2D eigenvalue weighted by molar-refractivity contribution is 6.06. The second-order valence-electron chi connectivity index (χ2n) is 6.12. The van der Waals surface area contributed by atoms with Gasteiger partial charge in [-0.05, 0) is 24.6 Å². The lowest BCUT2D eigenvalue weighted by molar-refractivity contribution is -0.142. The molecule has 5 heteroatoms. The number of amides is 1. The third kappa shape index (κ3) is 3.88. The summed E-state index contributed by atoms with van der Waals surface area (Å²) in [6, 6.07) is 16.2. The Balaban J connectivity index is 1.86. The molecule has 3 aromatic rings. The van der Waals surface area contributed by atoms with Gasteiger partial charge in [0.25, 0.3) is 5.91 Å². The molecule has 0 aliphatic carbocycles. The maximum absolute atomic E-state index is 12.8. The molecule has 0 aliphatic heterocycles. The summed E-state index contributed by atoms with van der Waals surface area (Å²) in [7, 11) is 1.32. The van der Waals surface area contributed by atoms with E-state index in [0.29, 0.717) is 17.5 Å². The number of aromatic nitrogens is 1. The molecule has 0 unspecified atom stereocenters. The van der Waals surface area contributed by atoms with Crippen molar-refractivity contribution < 1.29 is 14.3 Å². The highest BCUT2D eigenvalue weighted by atomic mass is 16.5. The number of carbonyl (C=O) groups is 2. The summed E-state index contributed by atoms with van der Waals surface area (Å²) < 4.78 is 4.87. The van der Waals surface area contributed by atoms with E-state index < -0.39 is 12.0 Å². The number of aryl methyl sites for hydroxylation is 1. The molecule has 1 amide bonds. The Morgan fingerprint density at radius 1 is 1.12 bits per heavy atom. The number of esters is 1. The van der Waals surface area contributed by atoms with E-state index in [4.69, 9.17) is 4.74 Å². The molecule has 1 heterocycles. The molecule has 0 spiro atoms. The van der Waals surface area contributed by atoms with Crippen LogP contribution in [-0.4, -0.2) is 30.0 Å². The molecule has 2 aromatic carbocycles. The maximum atomic E-state index is 12.8. The topological polar surface area (TPSA) is 68.3 Å². The van der Waals surface area contributed by atoms with Gasteiger partial charge >= 0.3 is 5.97 Å². The number of fused-ring (bicyclic) bond motifs is 1. The first kappa shape index (κ1) is 17.6. The average Bonchev–Trinajstić information content (AvgIpc) is 2.66. The van der Waals surface area contributed by atoms with Crippen LogP contribution in [0.25, 0.3) is 10.9 Å². The first-order valence-corrected chi connectivity index (χ1v) is 8.36. The van der Waals surface area contributed by atoms with Crippen molar-refractivity contribution in [1.29, 1.82) is 0 Å². The van der Waals surface area contributed by atoms with Gasteiger partial charge < -0.3 is 10.1 Å². The molecular formula is C21H20N2O3. The van der Waals surface area contributed by atoms with Crippen LogP contribution in [0.1, 0.15) is 21.5 Å². The van der Waals surface area contributed by atoms with E-state index in [1.807, 2.05) is 49.4 Å². The molecule has 5 nitrogen and oxygen atoms in total. The van der Waals surface area contributed by atoms with Gasteiger partial charge in [0.15, 0.2) is 0 Å². The minimum absolute atomic E-state index is 0.350. The van der Waals surface area contributed by atoms with Crippen LogP contribution < -0.4 is 5.32 Å². The Labute approximate surface area is 152 Å². The summed E-state index contributed by atoms with van der Waals surface area (Å²) in [6.07, 6.45) is 2.00. The van der Waals surface area contributed by atoms with Gasteiger partial charge in [-0.25, -0.2) is 4.79 Å². The van der Waals surface area contributed by atoms with Crippen LogP contribution >= 0.6 is 0 Å². The number of rotatable bonds is 5.